The van der Waals surface area contributed by atoms with E-state index in [2.05, 4.69) is 17.4 Å². The number of unbranched alkanes of at least 4 members (excludes halogenated alkanes) is 2. The monoisotopic (exact) mass is 578 g/mol. The molecule has 0 unspecified atom stereocenters. The van der Waals surface area contributed by atoms with Crippen LogP contribution in [0.25, 0.3) is 0 Å². The molecule has 41 heavy (non-hydrogen) atoms. The Balaban J connectivity index is 1.32. The molecule has 3 atom stereocenters. The number of aliphatic hydroxyl groups is 1. The van der Waals surface area contributed by atoms with Gasteiger partial charge in [0.1, 0.15) is 0 Å². The van der Waals surface area contributed by atoms with Crippen LogP contribution >= 0.6 is 11.8 Å². The third-order valence-corrected chi connectivity index (χ3v) is 8.11. The molecule has 3 aromatic rings. The van der Waals surface area contributed by atoms with Crippen molar-refractivity contribution in [2.24, 2.45) is 0 Å². The molecule has 0 bridgehead atoms. The number of nitrogens with one attached hydrogen (secondary N) is 2. The summed E-state index contributed by atoms with van der Waals surface area (Å²) in [6.07, 6.45) is 2.76. The molecule has 1 saturated heterocycles. The van der Waals surface area contributed by atoms with Crippen LogP contribution in [-0.4, -0.2) is 34.0 Å². The van der Waals surface area contributed by atoms with E-state index in [1.54, 1.807) is 17.2 Å². The van der Waals surface area contributed by atoms with E-state index in [9.17, 15) is 14.7 Å². The van der Waals surface area contributed by atoms with Gasteiger partial charge in [0.15, 0.2) is 6.29 Å². The van der Waals surface area contributed by atoms with Crippen LogP contribution in [0.2, 0.25) is 0 Å². The maximum Gasteiger partial charge on any atom is 0.243 e. The van der Waals surface area contributed by atoms with Crippen molar-refractivity contribution in [1.82, 2.24) is 10.8 Å². The summed E-state index contributed by atoms with van der Waals surface area (Å²) in [4.78, 5) is 24.4. The first kappa shape index (κ1) is 30.7. The van der Waals surface area contributed by atoms with Gasteiger partial charge in [-0.1, -0.05) is 73.2 Å². The normalized spacial score (nSPS) is 18.5. The van der Waals surface area contributed by atoms with E-state index >= 15 is 0 Å². The molecule has 4 rings (SSSR count). The summed E-state index contributed by atoms with van der Waals surface area (Å²) in [6.45, 7) is 0.431. The summed E-state index contributed by atoms with van der Waals surface area (Å²) < 4.78 is 12.9. The van der Waals surface area contributed by atoms with Crippen molar-refractivity contribution < 1.29 is 29.4 Å². The second kappa shape index (κ2) is 16.3. The molecule has 4 N–H and O–H groups in total. The van der Waals surface area contributed by atoms with E-state index in [-0.39, 0.29) is 31.1 Å². The standard InChI is InChI=1S/C32H38N2O6S/c35-21-24-13-15-25(16-14-24)29-19-27(22-41-28-7-3-1-4-8-28)39-32(40-29)26-17-11-23(12-18-26)20-33-30(36)9-5-2-6-10-31(37)34-38/h1,3-4,7-8,11-18,27,29,32,35,38H,2,5-6,9-10,19-22H2,(H,33,36)(H,34,37)/t27-,29+,32+/m0/s1. The summed E-state index contributed by atoms with van der Waals surface area (Å²) in [7, 11) is 0. The summed E-state index contributed by atoms with van der Waals surface area (Å²) in [6, 6.07) is 26.1. The molecule has 1 heterocycles. The number of carbonyl (C=O) groups is 2. The molecule has 2 amide bonds. The van der Waals surface area contributed by atoms with Crippen molar-refractivity contribution in [1.29, 1.82) is 0 Å². The van der Waals surface area contributed by atoms with E-state index in [0.29, 0.717) is 25.8 Å². The van der Waals surface area contributed by atoms with Gasteiger partial charge in [-0.15, -0.1) is 11.8 Å². The van der Waals surface area contributed by atoms with Gasteiger partial charge in [-0.25, -0.2) is 5.48 Å². The Labute approximate surface area is 245 Å². The van der Waals surface area contributed by atoms with Gasteiger partial charge in [0, 0.05) is 42.0 Å². The minimum Gasteiger partial charge on any atom is -0.392 e. The van der Waals surface area contributed by atoms with Gasteiger partial charge >= 0.3 is 0 Å². The maximum atomic E-state index is 12.2. The smallest absolute Gasteiger partial charge is 0.243 e. The van der Waals surface area contributed by atoms with E-state index < -0.39 is 12.2 Å². The molecule has 218 valence electrons. The van der Waals surface area contributed by atoms with Crippen molar-refractivity contribution >= 4 is 23.6 Å². The molecule has 8 nitrogen and oxygen atoms in total. The Bertz CT molecular complexity index is 1220. The molecule has 1 aliphatic heterocycles. The van der Waals surface area contributed by atoms with Crippen molar-refractivity contribution in [3.63, 3.8) is 0 Å². The number of carbonyl (C=O) groups excluding carboxylic acids is 2. The molecular formula is C32H38N2O6S. The lowest BCUT2D eigenvalue weighted by molar-refractivity contribution is -0.245. The van der Waals surface area contributed by atoms with Gasteiger partial charge in [-0.3, -0.25) is 14.8 Å². The van der Waals surface area contributed by atoms with E-state index in [1.165, 1.54) is 4.90 Å². The number of thioether (sulfide) groups is 1. The zero-order valence-electron chi connectivity index (χ0n) is 23.0. The first-order chi connectivity index (χ1) is 20.0. The summed E-state index contributed by atoms with van der Waals surface area (Å²) in [5.74, 6) is 0.359. The first-order valence-corrected chi connectivity index (χ1v) is 15.0. The van der Waals surface area contributed by atoms with E-state index in [4.69, 9.17) is 14.7 Å². The molecule has 9 heteroatoms. The fourth-order valence-corrected chi connectivity index (χ4v) is 5.56. The van der Waals surface area contributed by atoms with Crippen LogP contribution in [0.15, 0.2) is 83.8 Å². The minimum absolute atomic E-state index is 0.00614. The third-order valence-electron chi connectivity index (χ3n) is 6.97. The number of amides is 2. The summed E-state index contributed by atoms with van der Waals surface area (Å²) >= 11 is 1.77. The second-order valence-electron chi connectivity index (χ2n) is 10.1. The third kappa shape index (κ3) is 9.98. The van der Waals surface area contributed by atoms with Crippen LogP contribution in [0.3, 0.4) is 0 Å². The molecule has 0 saturated carbocycles. The molecule has 0 radical (unpaired) electrons. The van der Waals surface area contributed by atoms with Crippen molar-refractivity contribution in [2.45, 2.75) is 75.1 Å². The predicted molar refractivity (Wildman–Crippen MR) is 157 cm³/mol. The van der Waals surface area contributed by atoms with Crippen molar-refractivity contribution in [3.8, 4) is 0 Å². The van der Waals surface area contributed by atoms with Gasteiger partial charge in [0.25, 0.3) is 0 Å². The van der Waals surface area contributed by atoms with Gasteiger partial charge < -0.3 is 19.9 Å². The fraction of sp³-hybridized carbons (Fsp3) is 0.375. The quantitative estimate of drug-likeness (QED) is 0.0853. The van der Waals surface area contributed by atoms with Crippen LogP contribution in [0.4, 0.5) is 0 Å². The zero-order valence-corrected chi connectivity index (χ0v) is 23.9. The molecule has 0 aliphatic carbocycles. The Morgan fingerprint density at radius 2 is 1.46 bits per heavy atom. The summed E-state index contributed by atoms with van der Waals surface area (Å²) in [5.41, 5.74) is 5.43. The van der Waals surface area contributed by atoms with Crippen LogP contribution in [0.1, 0.15) is 73.2 Å². The molecule has 3 aromatic carbocycles. The van der Waals surface area contributed by atoms with Crippen LogP contribution < -0.4 is 10.8 Å². The van der Waals surface area contributed by atoms with Gasteiger partial charge in [-0.2, -0.15) is 0 Å². The largest absolute Gasteiger partial charge is 0.392 e. The topological polar surface area (TPSA) is 117 Å². The van der Waals surface area contributed by atoms with Crippen molar-refractivity contribution in [2.75, 3.05) is 5.75 Å². The summed E-state index contributed by atoms with van der Waals surface area (Å²) in [5, 5.41) is 20.9. The highest BCUT2D eigenvalue weighted by atomic mass is 32.2. The SMILES string of the molecule is O=C(CCCCCC(=O)NCc1ccc([C@@H]2O[C@H](CSc3ccccc3)C[C@H](c3ccc(CO)cc3)O2)cc1)NO. The lowest BCUT2D eigenvalue weighted by Gasteiger charge is -2.36. The van der Waals surface area contributed by atoms with Gasteiger partial charge in [0.2, 0.25) is 11.8 Å². The first-order valence-electron chi connectivity index (χ1n) is 14.0. The Morgan fingerprint density at radius 3 is 2.15 bits per heavy atom. The Morgan fingerprint density at radius 1 is 0.805 bits per heavy atom. The van der Waals surface area contributed by atoms with Gasteiger partial charge in [-0.05, 0) is 41.7 Å². The second-order valence-corrected chi connectivity index (χ2v) is 11.2. The zero-order chi connectivity index (χ0) is 28.9. The van der Waals surface area contributed by atoms with E-state index in [0.717, 1.165) is 40.8 Å². The van der Waals surface area contributed by atoms with E-state index in [1.807, 2.05) is 66.7 Å². The average Bonchev–Trinajstić information content (AvgIpc) is 3.03. The molecular weight excluding hydrogens is 540 g/mol. The number of hydroxylamine groups is 1. The van der Waals surface area contributed by atoms with Gasteiger partial charge in [0.05, 0.1) is 18.8 Å². The van der Waals surface area contributed by atoms with Crippen molar-refractivity contribution in [3.05, 3.63) is 101 Å². The molecule has 0 aromatic heterocycles. The number of hydrogen-bond donors (Lipinski definition) is 4. The molecule has 1 fully saturated rings. The number of benzene rings is 3. The lowest BCUT2D eigenvalue weighted by atomic mass is 10.0. The highest BCUT2D eigenvalue weighted by Crippen LogP contribution is 2.39. The number of aliphatic hydroxyl groups excluding tert-OH is 1. The van der Waals surface area contributed by atoms with Crippen LogP contribution in [0, 0.1) is 0 Å². The minimum atomic E-state index is -0.524. The fourth-order valence-electron chi connectivity index (χ4n) is 4.61. The highest BCUT2D eigenvalue weighted by molar-refractivity contribution is 7.99. The Kier molecular flexibility index (Phi) is 12.2. The highest BCUT2D eigenvalue weighted by Gasteiger charge is 2.32. The predicted octanol–water partition coefficient (Wildman–Crippen LogP) is 5.59. The molecule has 0 spiro atoms. The van der Waals surface area contributed by atoms with Crippen LogP contribution in [-0.2, 0) is 32.2 Å². The van der Waals surface area contributed by atoms with Crippen LogP contribution in [0.5, 0.6) is 0 Å². The maximum absolute atomic E-state index is 12.2. The molecule has 1 aliphatic rings. The Hall–Kier alpha value is -3.21. The number of hydrogen-bond acceptors (Lipinski definition) is 7. The number of rotatable bonds is 14. The average molecular weight is 579 g/mol. The number of ether oxygens (including phenoxy) is 2. The lowest BCUT2D eigenvalue weighted by Crippen LogP contribution is -2.31.